The Labute approximate surface area is 283 Å². The molecule has 0 unspecified atom stereocenters. The Morgan fingerprint density at radius 1 is 0.978 bits per heavy atom. The van der Waals surface area contributed by atoms with Gasteiger partial charge in [0.15, 0.2) is 0 Å². The summed E-state index contributed by atoms with van der Waals surface area (Å²) in [6.07, 6.45) is 4.12. The molecule has 6 nitrogen and oxygen atoms in total. The minimum atomic E-state index is -2.15. The van der Waals surface area contributed by atoms with Gasteiger partial charge < -0.3 is 13.9 Å². The van der Waals surface area contributed by atoms with E-state index in [9.17, 15) is 9.59 Å². The van der Waals surface area contributed by atoms with E-state index in [0.29, 0.717) is 33.8 Å². The van der Waals surface area contributed by atoms with Gasteiger partial charge in [0.05, 0.1) is 12.5 Å². The molecular formula is C38H54ClNO5Si. The molecule has 0 radical (unpaired) electrons. The Balaban J connectivity index is 1.86. The first kappa shape index (κ1) is 36.1. The van der Waals surface area contributed by atoms with Gasteiger partial charge in [0.2, 0.25) is 5.91 Å². The molecule has 8 heteroatoms. The van der Waals surface area contributed by atoms with Crippen LogP contribution < -0.4 is 9.16 Å². The summed E-state index contributed by atoms with van der Waals surface area (Å²) in [5.74, 6) is 0.849. The van der Waals surface area contributed by atoms with Crippen LogP contribution in [0.15, 0.2) is 54.6 Å². The molecule has 1 fully saturated rings. The third-order valence-electron chi connectivity index (χ3n) is 10.5. The van der Waals surface area contributed by atoms with Crippen LogP contribution in [-0.2, 0) is 9.53 Å². The van der Waals surface area contributed by atoms with Gasteiger partial charge in [-0.2, -0.15) is 0 Å². The predicted molar refractivity (Wildman–Crippen MR) is 189 cm³/mol. The van der Waals surface area contributed by atoms with E-state index < -0.39 is 31.5 Å². The molecule has 1 aliphatic carbocycles. The average Bonchev–Trinajstić information content (AvgIpc) is 3.20. The first-order chi connectivity index (χ1) is 21.4. The van der Waals surface area contributed by atoms with Crippen LogP contribution in [0, 0.1) is 11.3 Å². The Morgan fingerprint density at radius 2 is 1.54 bits per heavy atom. The summed E-state index contributed by atoms with van der Waals surface area (Å²) >= 11 is 6.93. The van der Waals surface area contributed by atoms with E-state index in [1.165, 1.54) is 4.90 Å². The topological polar surface area (TPSA) is 65.1 Å². The zero-order valence-electron chi connectivity index (χ0n) is 29.8. The van der Waals surface area contributed by atoms with Crippen LogP contribution in [-0.4, -0.2) is 44.0 Å². The number of amides is 2. The van der Waals surface area contributed by atoms with Crippen molar-refractivity contribution in [2.45, 2.75) is 123 Å². The number of allylic oxidation sites excluding steroid dienone is 1. The predicted octanol–water partition coefficient (Wildman–Crippen LogP) is 10.5. The zero-order valence-corrected chi connectivity index (χ0v) is 31.6. The quantitative estimate of drug-likeness (QED) is 0.197. The van der Waals surface area contributed by atoms with Crippen molar-refractivity contribution in [2.75, 3.05) is 7.11 Å². The second-order valence-electron chi connectivity index (χ2n) is 15.1. The van der Waals surface area contributed by atoms with Crippen LogP contribution in [0.5, 0.6) is 11.5 Å². The van der Waals surface area contributed by atoms with Gasteiger partial charge in [0.25, 0.3) is 8.32 Å². The van der Waals surface area contributed by atoms with E-state index in [1.54, 1.807) is 7.11 Å². The standard InChI is InChI=1S/C38H54ClNO5Si/c1-13-38-21-20-31(30-19-18-29(43-12)22-32(30)39)33(34(38)26(8)40(35(38)41)36(42)44-37(9,10)11)27-14-16-28(17-15-27)45-46(23(2)3,24(4)5)25(6)7/h14-26,31,33-34H,13H2,1-12H3/t26-,31+,33+,34+,38-/m1/s1. The summed E-state index contributed by atoms with van der Waals surface area (Å²) < 4.78 is 18.2. The molecule has 0 N–H and O–H groups in total. The van der Waals surface area contributed by atoms with E-state index in [0.717, 1.165) is 16.9 Å². The first-order valence-corrected chi connectivity index (χ1v) is 19.3. The van der Waals surface area contributed by atoms with E-state index in [1.807, 2.05) is 58.9 Å². The highest BCUT2D eigenvalue weighted by Crippen LogP contribution is 2.60. The van der Waals surface area contributed by atoms with Gasteiger partial charge >= 0.3 is 6.09 Å². The number of likely N-dealkylation sites (tertiary alicyclic amines) is 1. The molecule has 1 aliphatic heterocycles. The maximum absolute atomic E-state index is 14.3. The number of methoxy groups -OCH3 is 1. The molecule has 0 aromatic heterocycles. The van der Waals surface area contributed by atoms with Crippen LogP contribution in [0.2, 0.25) is 21.6 Å². The molecule has 1 saturated heterocycles. The molecule has 2 aromatic carbocycles. The minimum absolute atomic E-state index is 0.140. The minimum Gasteiger partial charge on any atom is -0.543 e. The normalized spacial score (nSPS) is 25.0. The summed E-state index contributed by atoms with van der Waals surface area (Å²) in [6.45, 7) is 23.2. The summed E-state index contributed by atoms with van der Waals surface area (Å²) in [5, 5.41) is 0.602. The first-order valence-electron chi connectivity index (χ1n) is 16.8. The molecule has 0 bridgehead atoms. The van der Waals surface area contributed by atoms with E-state index in [4.69, 9.17) is 25.5 Å². The zero-order chi connectivity index (χ0) is 34.4. The molecule has 0 saturated carbocycles. The number of rotatable bonds is 9. The van der Waals surface area contributed by atoms with E-state index in [2.05, 4.69) is 71.9 Å². The maximum atomic E-state index is 14.3. The molecule has 4 rings (SSSR count). The second kappa shape index (κ2) is 13.4. The van der Waals surface area contributed by atoms with Gasteiger partial charge in [-0.15, -0.1) is 0 Å². The highest BCUT2D eigenvalue weighted by Gasteiger charge is 2.62. The Hall–Kier alpha value is -2.77. The fraction of sp³-hybridized carbons (Fsp3) is 0.579. The molecule has 2 aromatic rings. The number of nitrogens with zero attached hydrogens (tertiary/aromatic N) is 1. The third-order valence-corrected chi connectivity index (χ3v) is 16.9. The molecule has 46 heavy (non-hydrogen) atoms. The van der Waals surface area contributed by atoms with E-state index >= 15 is 0 Å². The number of ether oxygens (including phenoxy) is 2. The maximum Gasteiger partial charge on any atom is 0.417 e. The van der Waals surface area contributed by atoms with E-state index in [-0.39, 0.29) is 23.7 Å². The Bertz CT molecular complexity index is 1420. The molecule has 5 atom stereocenters. The molecule has 0 spiro atoms. The van der Waals surface area contributed by atoms with Gasteiger partial charge in [0.1, 0.15) is 17.1 Å². The smallest absolute Gasteiger partial charge is 0.417 e. The summed E-state index contributed by atoms with van der Waals surface area (Å²) in [7, 11) is -0.527. The van der Waals surface area contributed by atoms with Crippen molar-refractivity contribution >= 4 is 31.9 Å². The molecule has 252 valence electrons. The second-order valence-corrected chi connectivity index (χ2v) is 20.9. The number of imide groups is 1. The van der Waals surface area contributed by atoms with Gasteiger partial charge in [-0.1, -0.05) is 90.4 Å². The fourth-order valence-electron chi connectivity index (χ4n) is 8.56. The number of hydrogen-bond donors (Lipinski definition) is 0. The van der Waals surface area contributed by atoms with Crippen molar-refractivity contribution < 1.29 is 23.5 Å². The highest BCUT2D eigenvalue weighted by molar-refractivity contribution is 6.78. The summed E-state index contributed by atoms with van der Waals surface area (Å²) in [4.78, 5) is 29.2. The van der Waals surface area contributed by atoms with Crippen molar-refractivity contribution in [3.05, 3.63) is 70.8 Å². The van der Waals surface area contributed by atoms with Crippen LogP contribution in [0.4, 0.5) is 4.79 Å². The van der Waals surface area contributed by atoms with Crippen molar-refractivity contribution in [1.29, 1.82) is 0 Å². The number of fused-ring (bicyclic) bond motifs is 1. The van der Waals surface area contributed by atoms with Crippen molar-refractivity contribution in [3.63, 3.8) is 0 Å². The van der Waals surface area contributed by atoms with Gasteiger partial charge in [0, 0.05) is 28.8 Å². The van der Waals surface area contributed by atoms with Crippen LogP contribution in [0.25, 0.3) is 0 Å². The van der Waals surface area contributed by atoms with Gasteiger partial charge in [-0.3, -0.25) is 4.79 Å². The third kappa shape index (κ3) is 6.26. The van der Waals surface area contributed by atoms with Gasteiger partial charge in [-0.05, 0) is 86.1 Å². The van der Waals surface area contributed by atoms with Crippen LogP contribution in [0.1, 0.15) is 106 Å². The molecule has 1 heterocycles. The number of carbonyl (C=O) groups is 2. The number of hydrogen-bond acceptors (Lipinski definition) is 5. The monoisotopic (exact) mass is 667 g/mol. The summed E-state index contributed by atoms with van der Waals surface area (Å²) in [5.41, 5.74) is 1.79. The SMILES string of the molecule is CC[C@@]12C=C[C@@H](c3ccc(OC)cc3Cl)[C@H](c3ccc(O[Si](C(C)C)(C(C)C)C(C)C)cc3)[C@@H]1[C@@H](C)N(C(=O)OC(C)(C)C)C2=O. The average molecular weight is 668 g/mol. The van der Waals surface area contributed by atoms with Crippen molar-refractivity contribution in [1.82, 2.24) is 4.90 Å². The van der Waals surface area contributed by atoms with Crippen LogP contribution >= 0.6 is 11.6 Å². The largest absolute Gasteiger partial charge is 0.543 e. The fourth-order valence-corrected chi connectivity index (χ4v) is 14.1. The lowest BCUT2D eigenvalue weighted by Gasteiger charge is -2.44. The lowest BCUT2D eigenvalue weighted by atomic mass is 9.57. The van der Waals surface area contributed by atoms with Crippen molar-refractivity contribution in [2.24, 2.45) is 11.3 Å². The highest BCUT2D eigenvalue weighted by atomic mass is 35.5. The Morgan fingerprint density at radius 3 is 2.02 bits per heavy atom. The number of benzene rings is 2. The lowest BCUT2D eigenvalue weighted by Crippen LogP contribution is -2.50. The van der Waals surface area contributed by atoms with Gasteiger partial charge in [-0.25, -0.2) is 9.69 Å². The lowest BCUT2D eigenvalue weighted by molar-refractivity contribution is -0.134. The molecular weight excluding hydrogens is 614 g/mol. The van der Waals surface area contributed by atoms with Crippen LogP contribution in [0.3, 0.4) is 0 Å². The number of halogens is 1. The molecule has 2 amide bonds. The number of carbonyl (C=O) groups excluding carboxylic acids is 2. The van der Waals surface area contributed by atoms with Crippen molar-refractivity contribution in [3.8, 4) is 11.5 Å². The Kier molecular flexibility index (Phi) is 10.5. The molecule has 2 aliphatic rings. The summed E-state index contributed by atoms with van der Waals surface area (Å²) in [6, 6.07) is 13.9.